The third-order valence-corrected chi connectivity index (χ3v) is 7.49. The maximum absolute atomic E-state index is 12.4. The van der Waals surface area contributed by atoms with Crippen LogP contribution in [-0.2, 0) is 4.79 Å². The number of aromatic amines is 2. The van der Waals surface area contributed by atoms with Crippen LogP contribution in [-0.4, -0.2) is 54.1 Å². The number of carbonyl (C=O) groups excluding carboxylic acids is 1. The van der Waals surface area contributed by atoms with Crippen molar-refractivity contribution in [2.75, 3.05) is 23.3 Å². The lowest BCUT2D eigenvalue weighted by atomic mass is 9.85. The van der Waals surface area contributed by atoms with Gasteiger partial charge in [0.2, 0.25) is 5.91 Å². The zero-order valence-electron chi connectivity index (χ0n) is 20.4. The summed E-state index contributed by atoms with van der Waals surface area (Å²) in [6, 6.07) is 5.85. The van der Waals surface area contributed by atoms with Crippen molar-refractivity contribution in [3.63, 3.8) is 0 Å². The molecule has 0 bridgehead atoms. The summed E-state index contributed by atoms with van der Waals surface area (Å²) < 4.78 is 0. The SMILES string of the molecule is O=C(Nc1cncc(-c2cc3c(-c4nc5c(N6CCCCC6)nccc5[nH]4)n[nH]c3cn2)c1)C1CCC1. The molecule has 0 aromatic carbocycles. The quantitative estimate of drug-likeness (QED) is 0.324. The molecular weight excluding hydrogens is 466 g/mol. The Kier molecular flexibility index (Phi) is 5.30. The Balaban J connectivity index is 1.23. The number of piperidine rings is 1. The minimum atomic E-state index is 0.0639. The maximum Gasteiger partial charge on any atom is 0.227 e. The van der Waals surface area contributed by atoms with E-state index in [1.54, 1.807) is 18.6 Å². The first-order valence-corrected chi connectivity index (χ1v) is 12.9. The molecule has 1 aliphatic carbocycles. The molecule has 5 aromatic heterocycles. The lowest BCUT2D eigenvalue weighted by Crippen LogP contribution is -2.30. The molecule has 0 radical (unpaired) electrons. The summed E-state index contributed by atoms with van der Waals surface area (Å²) in [5, 5.41) is 11.5. The Labute approximate surface area is 213 Å². The van der Waals surface area contributed by atoms with Crippen molar-refractivity contribution in [2.45, 2.75) is 38.5 Å². The third kappa shape index (κ3) is 3.98. The minimum absolute atomic E-state index is 0.0639. The first kappa shape index (κ1) is 21.9. The molecule has 0 atom stereocenters. The number of imidazole rings is 1. The molecular formula is C27H27N9O. The first-order chi connectivity index (χ1) is 18.2. The highest BCUT2D eigenvalue weighted by Gasteiger charge is 2.25. The second-order valence-electron chi connectivity index (χ2n) is 9.93. The predicted octanol–water partition coefficient (Wildman–Crippen LogP) is 4.69. The van der Waals surface area contributed by atoms with E-state index in [0.29, 0.717) is 11.5 Å². The number of H-pyrrole nitrogens is 2. The number of pyridine rings is 3. The topological polar surface area (TPSA) is 128 Å². The number of nitrogens with zero attached hydrogens (tertiary/aromatic N) is 6. The predicted molar refractivity (Wildman–Crippen MR) is 142 cm³/mol. The number of carbonyl (C=O) groups is 1. The van der Waals surface area contributed by atoms with Gasteiger partial charge in [-0.25, -0.2) is 9.97 Å². The van der Waals surface area contributed by atoms with Crippen molar-refractivity contribution in [1.29, 1.82) is 0 Å². The Morgan fingerprint density at radius 3 is 2.73 bits per heavy atom. The van der Waals surface area contributed by atoms with Crippen molar-refractivity contribution in [2.24, 2.45) is 5.92 Å². The van der Waals surface area contributed by atoms with Gasteiger partial charge in [-0.05, 0) is 50.3 Å². The zero-order valence-corrected chi connectivity index (χ0v) is 20.4. The average molecular weight is 494 g/mol. The van der Waals surface area contributed by atoms with Crippen LogP contribution in [0, 0.1) is 5.92 Å². The molecule has 0 unspecified atom stereocenters. The summed E-state index contributed by atoms with van der Waals surface area (Å²) in [5.74, 6) is 1.79. The highest BCUT2D eigenvalue weighted by molar-refractivity contribution is 5.97. The van der Waals surface area contributed by atoms with Crippen LogP contribution in [0.15, 0.2) is 43.0 Å². The van der Waals surface area contributed by atoms with E-state index in [1.165, 1.54) is 19.3 Å². The molecule has 1 aliphatic heterocycles. The monoisotopic (exact) mass is 493 g/mol. The number of anilines is 2. The van der Waals surface area contributed by atoms with E-state index in [-0.39, 0.29) is 11.8 Å². The molecule has 6 heterocycles. The number of aromatic nitrogens is 7. The summed E-state index contributed by atoms with van der Waals surface area (Å²) in [6.07, 6.45) is 13.7. The molecule has 10 nitrogen and oxygen atoms in total. The average Bonchev–Trinajstić information content (AvgIpc) is 3.52. The van der Waals surface area contributed by atoms with E-state index in [1.807, 2.05) is 24.4 Å². The molecule has 1 saturated heterocycles. The van der Waals surface area contributed by atoms with E-state index in [2.05, 4.69) is 40.3 Å². The molecule has 0 spiro atoms. The number of fused-ring (bicyclic) bond motifs is 2. The standard InChI is InChI=1S/C27H27N9O/c37-27(16-5-4-6-16)31-18-11-17(13-28-14-18)21-12-19-22(15-30-21)34-35-23(19)25-32-20-7-8-29-26(24(20)33-25)36-9-2-1-3-10-36/h7-8,11-16H,1-6,9-10H2,(H,31,37)(H,32,33)(H,34,35). The number of nitrogens with one attached hydrogen (secondary N) is 3. The fourth-order valence-corrected chi connectivity index (χ4v) is 5.19. The highest BCUT2D eigenvalue weighted by Crippen LogP contribution is 2.32. The van der Waals surface area contributed by atoms with E-state index in [9.17, 15) is 4.79 Å². The van der Waals surface area contributed by atoms with Crippen LogP contribution < -0.4 is 10.2 Å². The van der Waals surface area contributed by atoms with E-state index >= 15 is 0 Å². The molecule has 186 valence electrons. The Morgan fingerprint density at radius 1 is 1.00 bits per heavy atom. The van der Waals surface area contributed by atoms with Crippen LogP contribution in [0.2, 0.25) is 0 Å². The van der Waals surface area contributed by atoms with Gasteiger partial charge in [-0.1, -0.05) is 6.42 Å². The van der Waals surface area contributed by atoms with Gasteiger partial charge < -0.3 is 15.2 Å². The van der Waals surface area contributed by atoms with Crippen molar-refractivity contribution in [3.8, 4) is 22.8 Å². The zero-order chi connectivity index (χ0) is 24.8. The van der Waals surface area contributed by atoms with Crippen LogP contribution in [0.5, 0.6) is 0 Å². The lowest BCUT2D eigenvalue weighted by Gasteiger charge is -2.27. The summed E-state index contributed by atoms with van der Waals surface area (Å²) in [6.45, 7) is 2.01. The second-order valence-corrected chi connectivity index (χ2v) is 9.93. The fraction of sp³-hybridized carbons (Fsp3) is 0.333. The van der Waals surface area contributed by atoms with Gasteiger partial charge in [0.15, 0.2) is 11.6 Å². The van der Waals surface area contributed by atoms with Gasteiger partial charge in [0.1, 0.15) is 11.2 Å². The first-order valence-electron chi connectivity index (χ1n) is 12.9. The summed E-state index contributed by atoms with van der Waals surface area (Å²) in [4.78, 5) is 36.7. The van der Waals surface area contributed by atoms with Crippen LogP contribution in [0.3, 0.4) is 0 Å². The van der Waals surface area contributed by atoms with Gasteiger partial charge in [0.05, 0.1) is 34.8 Å². The molecule has 5 aromatic rings. The highest BCUT2D eigenvalue weighted by atomic mass is 16.1. The van der Waals surface area contributed by atoms with Gasteiger partial charge in [0, 0.05) is 42.4 Å². The van der Waals surface area contributed by atoms with Gasteiger partial charge in [-0.15, -0.1) is 0 Å². The largest absolute Gasteiger partial charge is 0.355 e. The van der Waals surface area contributed by atoms with Crippen molar-refractivity contribution in [3.05, 3.63) is 43.0 Å². The number of rotatable bonds is 5. The smallest absolute Gasteiger partial charge is 0.227 e. The Bertz CT molecular complexity index is 1610. The molecule has 1 saturated carbocycles. The van der Waals surface area contributed by atoms with Crippen LogP contribution in [0.4, 0.5) is 11.5 Å². The molecule has 2 fully saturated rings. The number of hydrogen-bond acceptors (Lipinski definition) is 7. The molecule has 2 aliphatic rings. The van der Waals surface area contributed by atoms with Gasteiger partial charge in [-0.2, -0.15) is 5.10 Å². The summed E-state index contributed by atoms with van der Waals surface area (Å²) in [7, 11) is 0. The molecule has 3 N–H and O–H groups in total. The Morgan fingerprint density at radius 2 is 1.89 bits per heavy atom. The van der Waals surface area contributed by atoms with E-state index in [0.717, 1.165) is 77.1 Å². The maximum atomic E-state index is 12.4. The van der Waals surface area contributed by atoms with Gasteiger partial charge in [-0.3, -0.25) is 19.9 Å². The molecule has 1 amide bonds. The third-order valence-electron chi connectivity index (χ3n) is 7.49. The van der Waals surface area contributed by atoms with E-state index < -0.39 is 0 Å². The Hall–Kier alpha value is -4.34. The van der Waals surface area contributed by atoms with Crippen LogP contribution in [0.25, 0.3) is 44.7 Å². The summed E-state index contributed by atoms with van der Waals surface area (Å²) in [5.41, 5.74) is 5.59. The van der Waals surface area contributed by atoms with Crippen molar-refractivity contribution in [1.82, 2.24) is 35.1 Å². The normalized spacial score (nSPS) is 16.3. The molecule has 10 heteroatoms. The summed E-state index contributed by atoms with van der Waals surface area (Å²) >= 11 is 0. The van der Waals surface area contributed by atoms with Crippen LogP contribution >= 0.6 is 0 Å². The lowest BCUT2D eigenvalue weighted by molar-refractivity contribution is -0.122. The fourth-order valence-electron chi connectivity index (χ4n) is 5.19. The second kappa shape index (κ2) is 8.95. The molecule has 7 rings (SSSR count). The van der Waals surface area contributed by atoms with Crippen LogP contribution in [0.1, 0.15) is 38.5 Å². The van der Waals surface area contributed by atoms with Crippen molar-refractivity contribution < 1.29 is 4.79 Å². The number of amides is 1. The number of hydrogen-bond donors (Lipinski definition) is 3. The van der Waals surface area contributed by atoms with Gasteiger partial charge >= 0.3 is 0 Å². The van der Waals surface area contributed by atoms with E-state index in [4.69, 9.17) is 4.98 Å². The molecule has 37 heavy (non-hydrogen) atoms. The minimum Gasteiger partial charge on any atom is -0.355 e. The van der Waals surface area contributed by atoms with Crippen molar-refractivity contribution >= 4 is 39.3 Å². The van der Waals surface area contributed by atoms with Gasteiger partial charge in [0.25, 0.3) is 0 Å².